The quantitative estimate of drug-likeness (QED) is 0.0328. The molecule has 5 aliphatic heterocycles. The lowest BCUT2D eigenvalue weighted by Crippen LogP contribution is -2.61. The molecule has 4 aromatic rings. The van der Waals surface area contributed by atoms with Crippen LogP contribution < -0.4 is 49.9 Å². The molecule has 0 aromatic heterocycles. The van der Waals surface area contributed by atoms with E-state index in [0.29, 0.717) is 43.5 Å². The Balaban J connectivity index is 0.877. The average Bonchev–Trinajstić information content (AvgIpc) is 1.59. The van der Waals surface area contributed by atoms with Crippen molar-refractivity contribution in [2.24, 2.45) is 11.7 Å². The summed E-state index contributed by atoms with van der Waals surface area (Å²) >= 11 is 0. The van der Waals surface area contributed by atoms with Crippen molar-refractivity contribution in [2.45, 2.75) is 133 Å². The number of aliphatic hydroxyl groups excluding tert-OH is 5. The lowest BCUT2D eigenvalue weighted by Gasteiger charge is -2.38. The number of carbonyl (C=O) groups excluding carboxylic acids is 6. The van der Waals surface area contributed by atoms with E-state index in [9.17, 15) is 74.3 Å². The molecule has 5 heterocycles. The first-order valence-electron chi connectivity index (χ1n) is 28.8. The fourth-order valence-corrected chi connectivity index (χ4v) is 11.1. The van der Waals surface area contributed by atoms with Gasteiger partial charge >= 0.3 is 23.8 Å². The van der Waals surface area contributed by atoms with E-state index in [0.717, 1.165) is 21.9 Å². The highest BCUT2D eigenvalue weighted by Gasteiger charge is 2.50. The van der Waals surface area contributed by atoms with Gasteiger partial charge in [-0.1, -0.05) is 32.0 Å². The van der Waals surface area contributed by atoms with E-state index >= 15 is 0 Å². The molecule has 0 aliphatic carbocycles. The Morgan fingerprint density at radius 1 is 0.689 bits per heavy atom. The second kappa shape index (κ2) is 27.7. The molecule has 31 nitrogen and oxygen atoms in total. The molecule has 0 bridgehead atoms. The minimum absolute atomic E-state index is 0.00948. The molecule has 3 fully saturated rings. The summed E-state index contributed by atoms with van der Waals surface area (Å²) in [5.41, 5.74) is 5.87. The van der Waals surface area contributed by atoms with Crippen molar-refractivity contribution in [3.63, 3.8) is 0 Å². The van der Waals surface area contributed by atoms with E-state index < -0.39 is 132 Å². The van der Waals surface area contributed by atoms with Gasteiger partial charge in [-0.15, -0.1) is 0 Å². The van der Waals surface area contributed by atoms with Crippen molar-refractivity contribution in [3.8, 4) is 28.7 Å². The Hall–Kier alpha value is -9.11. The van der Waals surface area contributed by atoms with Gasteiger partial charge in [-0.3, -0.25) is 29.3 Å². The van der Waals surface area contributed by atoms with Crippen molar-refractivity contribution >= 4 is 64.5 Å². The van der Waals surface area contributed by atoms with Gasteiger partial charge in [-0.05, 0) is 80.0 Å². The van der Waals surface area contributed by atoms with Crippen LogP contribution >= 0.6 is 0 Å². The van der Waals surface area contributed by atoms with E-state index in [2.05, 4.69) is 10.6 Å². The molecular formula is C59H70N8O23. The first-order chi connectivity index (χ1) is 42.9. The van der Waals surface area contributed by atoms with Crippen molar-refractivity contribution in [2.75, 3.05) is 55.6 Å². The first-order valence-corrected chi connectivity index (χ1v) is 28.8. The number of rotatable bonds is 21. The number of fused-ring (bicyclic) bond motifs is 4. The van der Waals surface area contributed by atoms with E-state index in [1.54, 1.807) is 38.1 Å². The van der Waals surface area contributed by atoms with Crippen LogP contribution in [-0.4, -0.2) is 195 Å². The maximum absolute atomic E-state index is 14.3. The number of ether oxygens (including phenoxy) is 8. The third-order valence-corrected chi connectivity index (χ3v) is 16.1. The third-order valence-electron chi connectivity index (χ3n) is 16.1. The van der Waals surface area contributed by atoms with Crippen LogP contribution in [0.2, 0.25) is 0 Å². The highest BCUT2D eigenvalue weighted by Crippen LogP contribution is 2.44. The van der Waals surface area contributed by atoms with E-state index in [1.807, 2.05) is 0 Å². The maximum Gasteiger partial charge on any atom is 0.416 e. The Labute approximate surface area is 513 Å². The predicted octanol–water partition coefficient (Wildman–Crippen LogP) is 2.32. The summed E-state index contributed by atoms with van der Waals surface area (Å²) in [5.74, 6) is -4.09. The zero-order valence-corrected chi connectivity index (χ0v) is 49.5. The van der Waals surface area contributed by atoms with Crippen molar-refractivity contribution in [3.05, 3.63) is 99.1 Å². The smallest absolute Gasteiger partial charge is 0.416 e. The van der Waals surface area contributed by atoms with Gasteiger partial charge in [0, 0.05) is 43.4 Å². The fraction of sp³-hybridized carbons (Fsp3) is 0.475. The SMILES string of the molecule is COc1cc2c(cc1OCCCOc1cc3c(cc1OC)C(=O)N1CCC[C@H]1[C@H](O)N3C(=O)OCc1ccc(O[C@@H]3O[C@H](C(=O)O)[C@@H](O)[C@H](O)[C@H]3O)c([N+](=O)[O-])c1)N(C(=O)OCc1ccc(NC(=O)[C@H](C)NC(=O)[C@@H](N)C(C)C)cc1)[C@@H](O)[C@@H]1CCCN1C2=O. The molecule has 0 radical (unpaired) electrons. The normalized spacial score (nSPS) is 23.4. The van der Waals surface area contributed by atoms with Crippen molar-refractivity contribution < 1.29 is 107 Å². The number of hydrogen-bond donors (Lipinski definition) is 9. The number of benzene rings is 4. The minimum Gasteiger partial charge on any atom is -0.493 e. The molecular weight excluding hydrogens is 1190 g/mol. The number of anilines is 3. The lowest BCUT2D eigenvalue weighted by atomic mass is 9.99. The number of hydrogen-bond acceptors (Lipinski definition) is 23. The van der Waals surface area contributed by atoms with Gasteiger partial charge in [-0.2, -0.15) is 0 Å². The number of nitro groups is 1. The van der Waals surface area contributed by atoms with Gasteiger partial charge in [0.2, 0.25) is 18.1 Å². The van der Waals surface area contributed by atoms with Crippen LogP contribution in [0.15, 0.2) is 66.7 Å². The second-order valence-electron chi connectivity index (χ2n) is 22.3. The van der Waals surface area contributed by atoms with Crippen LogP contribution in [0.3, 0.4) is 0 Å². The molecule has 10 N–H and O–H groups in total. The summed E-state index contributed by atoms with van der Waals surface area (Å²) in [6, 6.07) is 11.7. The van der Waals surface area contributed by atoms with Crippen molar-refractivity contribution in [1.29, 1.82) is 0 Å². The van der Waals surface area contributed by atoms with Crippen LogP contribution in [0.4, 0.5) is 32.3 Å². The number of nitrogens with one attached hydrogen (secondary N) is 2. The molecule has 11 atom stereocenters. The largest absolute Gasteiger partial charge is 0.493 e. The standard InChI is InChI=1S/C59H70N8O23/c1-28(2)45(60)51(72)61-29(3)50(71)62-32-14-11-30(12-15-32)26-87-58(79)65-37-24-43(41(83-4)22-33(37)52(73)63-17-6-9-35(63)54(65)75)85-19-8-20-86-44-25-38-34(23-42(44)84-5)53(74)64-18-7-10-36(64)55(76)66(38)59(80)88-27-31-13-16-40(39(21-31)67(81)82)89-57-48(70)46(68)47(69)49(90-57)56(77)78/h11-16,21-25,28-29,35-36,45-49,54-55,57,68-70,75-76H,6-10,17-20,26-27,60H2,1-5H3,(H,61,72)(H,62,71)(H,77,78)/t29-,35-,36-,45-,46-,47-,48+,49-,54-,55-,57+/m0/s1. The van der Waals surface area contributed by atoms with Crippen LogP contribution in [0.5, 0.6) is 28.7 Å². The molecule has 31 heteroatoms. The van der Waals surface area contributed by atoms with E-state index in [-0.39, 0.29) is 89.8 Å². The lowest BCUT2D eigenvalue weighted by molar-refractivity contribution is -0.387. The number of carboxylic acids is 1. The zero-order chi connectivity index (χ0) is 65.0. The topological polar surface area (TPSA) is 421 Å². The predicted molar refractivity (Wildman–Crippen MR) is 311 cm³/mol. The van der Waals surface area contributed by atoms with Gasteiger partial charge in [0.1, 0.15) is 37.6 Å². The minimum atomic E-state index is -2.06. The fourth-order valence-electron chi connectivity index (χ4n) is 11.1. The van der Waals surface area contributed by atoms with Gasteiger partial charge < -0.3 is 94.7 Å². The number of carbonyl (C=O) groups is 7. The highest BCUT2D eigenvalue weighted by atomic mass is 16.7. The molecule has 484 valence electrons. The van der Waals surface area contributed by atoms with Gasteiger partial charge in [0.15, 0.2) is 47.3 Å². The van der Waals surface area contributed by atoms with E-state index in [4.69, 9.17) is 43.6 Å². The van der Waals surface area contributed by atoms with Crippen LogP contribution in [0, 0.1) is 16.0 Å². The van der Waals surface area contributed by atoms with Crippen molar-refractivity contribution in [1.82, 2.24) is 15.1 Å². The first kappa shape index (κ1) is 65.3. The maximum atomic E-state index is 14.3. The monoisotopic (exact) mass is 1260 g/mol. The summed E-state index contributed by atoms with van der Waals surface area (Å²) in [6.07, 6.45) is -13.7. The number of aliphatic carboxylic acids is 1. The number of nitro benzene ring substituents is 1. The molecule has 0 unspecified atom stereocenters. The van der Waals surface area contributed by atoms with E-state index in [1.165, 1.54) is 61.3 Å². The Kier molecular flexibility index (Phi) is 20.1. The second-order valence-corrected chi connectivity index (χ2v) is 22.3. The molecule has 0 spiro atoms. The highest BCUT2D eigenvalue weighted by molar-refractivity contribution is 6.07. The van der Waals surface area contributed by atoms with Gasteiger partial charge in [0.05, 0.1) is 73.0 Å². The van der Waals surface area contributed by atoms with Gasteiger partial charge in [0.25, 0.3) is 11.8 Å². The molecule has 5 aliphatic rings. The molecule has 90 heavy (non-hydrogen) atoms. The number of methoxy groups -OCH3 is 2. The number of carboxylic acid groups (broad SMARTS) is 1. The number of amides is 6. The molecule has 9 rings (SSSR count). The number of nitrogens with two attached hydrogens (primary N) is 1. The molecule has 0 saturated carbocycles. The summed E-state index contributed by atoms with van der Waals surface area (Å²) in [7, 11) is 2.68. The van der Waals surface area contributed by atoms with Crippen LogP contribution in [0.1, 0.15) is 84.7 Å². The molecule has 3 saturated heterocycles. The van der Waals surface area contributed by atoms with Crippen LogP contribution in [0.25, 0.3) is 0 Å². The summed E-state index contributed by atoms with van der Waals surface area (Å²) in [4.78, 5) is 110. The average molecular weight is 1260 g/mol. The number of aliphatic hydroxyl groups is 5. The Morgan fingerprint density at radius 3 is 1.69 bits per heavy atom. The summed E-state index contributed by atoms with van der Waals surface area (Å²) < 4.78 is 45.6. The molecule has 4 aromatic carbocycles. The summed E-state index contributed by atoms with van der Waals surface area (Å²) in [6.45, 7) is 4.54. The number of nitrogens with zero attached hydrogens (tertiary/aromatic N) is 5. The summed E-state index contributed by atoms with van der Waals surface area (Å²) in [5, 5.41) is 81.5. The van der Waals surface area contributed by atoms with Crippen LogP contribution in [-0.2, 0) is 41.8 Å². The Morgan fingerprint density at radius 2 is 1.20 bits per heavy atom. The Bertz CT molecular complexity index is 3390. The third kappa shape index (κ3) is 13.6. The molecule has 6 amide bonds. The van der Waals surface area contributed by atoms with Gasteiger partial charge in [-0.25, -0.2) is 24.2 Å². The zero-order valence-electron chi connectivity index (χ0n) is 49.5.